The number of carbonyl (C=O) groups is 1. The highest BCUT2D eigenvalue weighted by molar-refractivity contribution is 7.10. The van der Waals surface area contributed by atoms with Gasteiger partial charge in [-0.2, -0.15) is 0 Å². The molecule has 1 saturated heterocycles. The molecule has 1 fully saturated rings. The number of halogens is 1. The van der Waals surface area contributed by atoms with E-state index in [0.29, 0.717) is 17.4 Å². The van der Waals surface area contributed by atoms with Crippen molar-refractivity contribution in [2.75, 3.05) is 13.1 Å². The molecule has 1 N–H and O–H groups in total. The maximum Gasteiger partial charge on any atom is 0.308 e. The zero-order valence-electron chi connectivity index (χ0n) is 8.76. The van der Waals surface area contributed by atoms with Crippen LogP contribution in [0.4, 0.5) is 0 Å². The van der Waals surface area contributed by atoms with E-state index < -0.39 is 5.97 Å². The molecule has 1 aliphatic heterocycles. The quantitative estimate of drug-likeness (QED) is 0.890. The molecule has 0 unspecified atom stereocenters. The fourth-order valence-electron chi connectivity index (χ4n) is 2.02. The molecule has 2 rings (SSSR count). The Morgan fingerprint density at radius 1 is 1.69 bits per heavy atom. The molecule has 1 aliphatic rings. The van der Waals surface area contributed by atoms with Crippen LogP contribution in [0.3, 0.4) is 0 Å². The van der Waals surface area contributed by atoms with E-state index in [1.54, 1.807) is 0 Å². The largest absolute Gasteiger partial charge is 0.481 e. The molecule has 1 aromatic heterocycles. The van der Waals surface area contributed by atoms with Crippen LogP contribution < -0.4 is 0 Å². The van der Waals surface area contributed by atoms with Gasteiger partial charge >= 0.3 is 5.97 Å². The van der Waals surface area contributed by atoms with Crippen LogP contribution in [0.1, 0.15) is 12.6 Å². The van der Waals surface area contributed by atoms with Gasteiger partial charge in [0.05, 0.1) is 5.92 Å². The second-order valence-corrected chi connectivity index (χ2v) is 5.47. The Kier molecular flexibility index (Phi) is 3.41. The number of nitrogens with zero attached hydrogens (tertiary/aromatic N) is 3. The van der Waals surface area contributed by atoms with Crippen LogP contribution in [-0.2, 0) is 11.3 Å². The van der Waals surface area contributed by atoms with E-state index in [9.17, 15) is 4.79 Å². The fourth-order valence-corrected chi connectivity index (χ4v) is 2.63. The van der Waals surface area contributed by atoms with Gasteiger partial charge in [0.1, 0.15) is 10.0 Å². The molecule has 88 valence electrons. The Labute approximate surface area is 102 Å². The highest BCUT2D eigenvalue weighted by Crippen LogP contribution is 2.26. The normalized spacial score (nSPS) is 26.1. The Balaban J connectivity index is 1.99. The summed E-state index contributed by atoms with van der Waals surface area (Å²) in [5.74, 6) is -0.842. The molecule has 0 radical (unpaired) electrons. The highest BCUT2D eigenvalue weighted by Gasteiger charge is 2.35. The monoisotopic (exact) mass is 261 g/mol. The van der Waals surface area contributed by atoms with E-state index in [1.807, 2.05) is 6.92 Å². The number of carboxylic acids is 1. The van der Waals surface area contributed by atoms with Crippen molar-refractivity contribution < 1.29 is 9.90 Å². The zero-order chi connectivity index (χ0) is 11.7. The lowest BCUT2D eigenvalue weighted by molar-refractivity contribution is -0.142. The summed E-state index contributed by atoms with van der Waals surface area (Å²) in [7, 11) is 0. The standard InChI is InChI=1S/C9H12ClN3O2S/c1-5-2-13(3-6(5)9(14)15)4-7-8(10)16-12-11-7/h5-6H,2-4H2,1H3,(H,14,15)/t5-,6-/m1/s1. The van der Waals surface area contributed by atoms with Crippen LogP contribution in [0, 0.1) is 11.8 Å². The van der Waals surface area contributed by atoms with Crippen molar-refractivity contribution in [3.05, 3.63) is 10.0 Å². The van der Waals surface area contributed by atoms with Crippen LogP contribution in [-0.4, -0.2) is 38.7 Å². The van der Waals surface area contributed by atoms with Gasteiger partial charge in [0, 0.05) is 31.2 Å². The summed E-state index contributed by atoms with van der Waals surface area (Å²) >= 11 is 7.06. The summed E-state index contributed by atoms with van der Waals surface area (Å²) in [6, 6.07) is 0. The van der Waals surface area contributed by atoms with E-state index in [0.717, 1.165) is 23.8 Å². The van der Waals surface area contributed by atoms with Gasteiger partial charge in [-0.15, -0.1) is 5.10 Å². The molecule has 1 aromatic rings. The van der Waals surface area contributed by atoms with Crippen molar-refractivity contribution in [1.29, 1.82) is 0 Å². The van der Waals surface area contributed by atoms with E-state index in [4.69, 9.17) is 16.7 Å². The van der Waals surface area contributed by atoms with Gasteiger partial charge in [-0.3, -0.25) is 9.69 Å². The van der Waals surface area contributed by atoms with Crippen LogP contribution in [0.2, 0.25) is 4.34 Å². The highest BCUT2D eigenvalue weighted by atomic mass is 35.5. The van der Waals surface area contributed by atoms with Crippen LogP contribution in [0.25, 0.3) is 0 Å². The first-order valence-electron chi connectivity index (χ1n) is 5.00. The maximum atomic E-state index is 10.9. The number of hydrogen-bond donors (Lipinski definition) is 1. The number of hydrogen-bond acceptors (Lipinski definition) is 5. The van der Waals surface area contributed by atoms with Crippen molar-refractivity contribution in [2.45, 2.75) is 13.5 Å². The number of carboxylic acid groups (broad SMARTS) is 1. The van der Waals surface area contributed by atoms with E-state index in [-0.39, 0.29) is 11.8 Å². The van der Waals surface area contributed by atoms with Gasteiger partial charge in [-0.25, -0.2) is 0 Å². The van der Waals surface area contributed by atoms with Gasteiger partial charge < -0.3 is 5.11 Å². The van der Waals surface area contributed by atoms with E-state index in [2.05, 4.69) is 14.5 Å². The Hall–Kier alpha value is -0.720. The van der Waals surface area contributed by atoms with Crippen molar-refractivity contribution in [1.82, 2.24) is 14.5 Å². The minimum Gasteiger partial charge on any atom is -0.481 e. The molecule has 0 aromatic carbocycles. The Morgan fingerprint density at radius 3 is 2.94 bits per heavy atom. The summed E-state index contributed by atoms with van der Waals surface area (Å²) in [6.07, 6.45) is 0. The molecule has 2 atom stereocenters. The Bertz CT molecular complexity index is 398. The van der Waals surface area contributed by atoms with Gasteiger partial charge in [0.2, 0.25) is 0 Å². The third-order valence-corrected chi connectivity index (χ3v) is 3.87. The molecular weight excluding hydrogens is 250 g/mol. The van der Waals surface area contributed by atoms with Gasteiger partial charge in [-0.1, -0.05) is 23.0 Å². The van der Waals surface area contributed by atoms with Crippen LogP contribution in [0.5, 0.6) is 0 Å². The summed E-state index contributed by atoms with van der Waals surface area (Å²) in [4.78, 5) is 13.0. The van der Waals surface area contributed by atoms with Crippen LogP contribution in [0.15, 0.2) is 0 Å². The predicted octanol–water partition coefficient (Wildman–Crippen LogP) is 1.34. The van der Waals surface area contributed by atoms with E-state index in [1.165, 1.54) is 0 Å². The van der Waals surface area contributed by atoms with Crippen molar-refractivity contribution in [3.8, 4) is 0 Å². The minimum absolute atomic E-state index is 0.169. The summed E-state index contributed by atoms with van der Waals surface area (Å²) in [6.45, 7) is 3.87. The number of likely N-dealkylation sites (tertiary alicyclic amines) is 1. The lowest BCUT2D eigenvalue weighted by Gasteiger charge is -2.12. The molecule has 0 spiro atoms. The van der Waals surface area contributed by atoms with Crippen molar-refractivity contribution >= 4 is 29.1 Å². The summed E-state index contributed by atoms with van der Waals surface area (Å²) < 4.78 is 4.34. The molecule has 0 amide bonds. The molecule has 7 heteroatoms. The SMILES string of the molecule is C[C@@H]1CN(Cc2nnsc2Cl)C[C@H]1C(=O)O. The molecule has 16 heavy (non-hydrogen) atoms. The Morgan fingerprint density at radius 2 is 2.44 bits per heavy atom. The third-order valence-electron chi connectivity index (χ3n) is 2.89. The number of rotatable bonds is 3. The number of aliphatic carboxylic acids is 1. The van der Waals surface area contributed by atoms with Gasteiger partial charge in [0.25, 0.3) is 0 Å². The van der Waals surface area contributed by atoms with Crippen molar-refractivity contribution in [3.63, 3.8) is 0 Å². The average molecular weight is 262 g/mol. The summed E-state index contributed by atoms with van der Waals surface area (Å²) in [5, 5.41) is 12.9. The molecule has 2 heterocycles. The number of aromatic nitrogens is 2. The first-order chi connectivity index (χ1) is 7.58. The molecule has 0 saturated carbocycles. The smallest absolute Gasteiger partial charge is 0.308 e. The first kappa shape index (κ1) is 11.8. The zero-order valence-corrected chi connectivity index (χ0v) is 10.3. The van der Waals surface area contributed by atoms with Gasteiger partial charge in [-0.05, 0) is 5.92 Å². The third kappa shape index (κ3) is 2.34. The second-order valence-electron chi connectivity index (χ2n) is 4.11. The van der Waals surface area contributed by atoms with Gasteiger partial charge in [0.15, 0.2) is 0 Å². The predicted molar refractivity (Wildman–Crippen MR) is 60.5 cm³/mol. The maximum absolute atomic E-state index is 10.9. The minimum atomic E-state index is -0.725. The summed E-state index contributed by atoms with van der Waals surface area (Å²) in [5.41, 5.74) is 0.741. The van der Waals surface area contributed by atoms with Crippen molar-refractivity contribution in [2.24, 2.45) is 11.8 Å². The average Bonchev–Trinajstić information content (AvgIpc) is 2.75. The van der Waals surface area contributed by atoms with E-state index >= 15 is 0 Å². The molecule has 5 nitrogen and oxygen atoms in total. The second kappa shape index (κ2) is 4.65. The lowest BCUT2D eigenvalue weighted by atomic mass is 9.99. The fraction of sp³-hybridized carbons (Fsp3) is 0.667. The molecule has 0 bridgehead atoms. The lowest BCUT2D eigenvalue weighted by Crippen LogP contribution is -2.23. The topological polar surface area (TPSA) is 66.3 Å². The molecular formula is C9H12ClN3O2S. The van der Waals surface area contributed by atoms with Crippen LogP contribution >= 0.6 is 23.1 Å². The first-order valence-corrected chi connectivity index (χ1v) is 6.15. The molecule has 0 aliphatic carbocycles.